The van der Waals surface area contributed by atoms with Crippen LogP contribution in [0.5, 0.6) is 0 Å². The van der Waals surface area contributed by atoms with Gasteiger partial charge in [-0.1, -0.05) is 23.8 Å². The number of amides is 1. The Labute approximate surface area is 130 Å². The molecule has 0 saturated carbocycles. The third kappa shape index (κ3) is 2.19. The Kier molecular flexibility index (Phi) is 3.63. The normalized spacial score (nSPS) is 36.6. The van der Waals surface area contributed by atoms with Crippen molar-refractivity contribution in [2.75, 3.05) is 6.54 Å². The van der Waals surface area contributed by atoms with Crippen molar-refractivity contribution >= 4 is 11.9 Å². The van der Waals surface area contributed by atoms with Gasteiger partial charge in [-0.25, -0.2) is 0 Å². The Morgan fingerprint density at radius 3 is 2.95 bits per heavy atom. The molecule has 5 heteroatoms. The third-order valence-electron chi connectivity index (χ3n) is 5.08. The quantitative estimate of drug-likeness (QED) is 0.789. The molecule has 3 aliphatic heterocycles. The average Bonchev–Trinajstić information content (AvgIpc) is 3.06. The van der Waals surface area contributed by atoms with Crippen LogP contribution < -0.4 is 0 Å². The summed E-state index contributed by atoms with van der Waals surface area (Å²) in [4.78, 5) is 26.1. The first-order chi connectivity index (χ1) is 10.4. The lowest BCUT2D eigenvalue weighted by molar-refractivity contribution is -0.148. The molecule has 5 nitrogen and oxygen atoms in total. The zero-order valence-electron chi connectivity index (χ0n) is 13.3. The second kappa shape index (κ2) is 5.23. The van der Waals surface area contributed by atoms with Crippen molar-refractivity contribution in [1.82, 2.24) is 4.90 Å². The minimum absolute atomic E-state index is 0.0658. The molecule has 0 unspecified atom stereocenters. The lowest BCUT2D eigenvalue weighted by atomic mass is 9.77. The second-order valence-electron chi connectivity index (χ2n) is 6.91. The molecular weight excluding hydrogens is 282 g/mol. The van der Waals surface area contributed by atoms with Gasteiger partial charge in [0.05, 0.1) is 18.6 Å². The van der Waals surface area contributed by atoms with Crippen LogP contribution in [0.25, 0.3) is 0 Å². The summed E-state index contributed by atoms with van der Waals surface area (Å²) in [7, 11) is 0. The molecule has 0 aromatic carbocycles. The molecule has 5 atom stereocenters. The van der Waals surface area contributed by atoms with E-state index in [4.69, 9.17) is 4.74 Å². The lowest BCUT2D eigenvalue weighted by Crippen LogP contribution is -2.40. The minimum atomic E-state index is -0.936. The number of carboxylic acids is 1. The lowest BCUT2D eigenvalue weighted by Gasteiger charge is -2.27. The van der Waals surface area contributed by atoms with E-state index in [-0.39, 0.29) is 11.9 Å². The zero-order chi connectivity index (χ0) is 16.1. The molecule has 3 aliphatic rings. The van der Waals surface area contributed by atoms with Gasteiger partial charge < -0.3 is 14.7 Å². The zero-order valence-corrected chi connectivity index (χ0v) is 13.3. The van der Waals surface area contributed by atoms with Crippen LogP contribution >= 0.6 is 0 Å². The van der Waals surface area contributed by atoms with Gasteiger partial charge in [-0.3, -0.25) is 9.59 Å². The van der Waals surface area contributed by atoms with Crippen LogP contribution in [0.1, 0.15) is 33.6 Å². The highest BCUT2D eigenvalue weighted by Crippen LogP contribution is 2.52. The fourth-order valence-corrected chi connectivity index (χ4v) is 3.95. The van der Waals surface area contributed by atoms with Crippen molar-refractivity contribution in [3.05, 3.63) is 23.8 Å². The maximum Gasteiger partial charge on any atom is 0.310 e. The first-order valence-electron chi connectivity index (χ1n) is 7.89. The molecule has 1 N–H and O–H groups in total. The number of rotatable bonds is 5. The summed E-state index contributed by atoms with van der Waals surface area (Å²) in [6.07, 6.45) is 7.23. The van der Waals surface area contributed by atoms with Crippen LogP contribution in [-0.2, 0) is 14.3 Å². The predicted molar refractivity (Wildman–Crippen MR) is 81.2 cm³/mol. The third-order valence-corrected chi connectivity index (χ3v) is 5.08. The fraction of sp³-hybridized carbons (Fsp3) is 0.647. The number of hydrogen-bond acceptors (Lipinski definition) is 3. The Morgan fingerprint density at radius 1 is 1.59 bits per heavy atom. The topological polar surface area (TPSA) is 66.8 Å². The van der Waals surface area contributed by atoms with E-state index in [0.29, 0.717) is 6.54 Å². The van der Waals surface area contributed by atoms with Gasteiger partial charge in [0, 0.05) is 6.04 Å². The van der Waals surface area contributed by atoms with E-state index in [0.717, 1.165) is 12.8 Å². The number of carbonyl (C=O) groups excluding carboxylic acids is 1. The van der Waals surface area contributed by atoms with Crippen LogP contribution in [0.3, 0.4) is 0 Å². The van der Waals surface area contributed by atoms with E-state index in [9.17, 15) is 14.7 Å². The van der Waals surface area contributed by atoms with Gasteiger partial charge >= 0.3 is 5.97 Å². The Bertz CT molecular complexity index is 563. The van der Waals surface area contributed by atoms with E-state index in [2.05, 4.69) is 19.9 Å². The molecule has 0 aromatic rings. The van der Waals surface area contributed by atoms with Gasteiger partial charge in [-0.2, -0.15) is 0 Å². The summed E-state index contributed by atoms with van der Waals surface area (Å²) in [5.74, 6) is -2.31. The van der Waals surface area contributed by atoms with Gasteiger partial charge in [0.15, 0.2) is 0 Å². The SMILES string of the molecule is CC(C)=CCC[C@H](C)N1C[C@]23C=C[C@@H](O2)[C@H](C(=O)O)[C@@H]3C1=O. The van der Waals surface area contributed by atoms with Gasteiger partial charge in [0.25, 0.3) is 0 Å². The van der Waals surface area contributed by atoms with Crippen molar-refractivity contribution in [3.8, 4) is 0 Å². The van der Waals surface area contributed by atoms with Crippen LogP contribution in [0.15, 0.2) is 23.8 Å². The van der Waals surface area contributed by atoms with Crippen LogP contribution in [-0.4, -0.2) is 46.2 Å². The standard InChI is InChI=1S/C17H23NO4/c1-10(2)5-4-6-11(3)18-9-17-8-7-12(22-17)13(16(20)21)14(17)15(18)19/h5,7-8,11-14H,4,6,9H2,1-3H3,(H,20,21)/t11-,12+,13-,14+,17-/m0/s1. The van der Waals surface area contributed by atoms with Gasteiger partial charge in [-0.15, -0.1) is 0 Å². The summed E-state index contributed by atoms with van der Waals surface area (Å²) in [6, 6.07) is 0.0913. The van der Waals surface area contributed by atoms with E-state index in [1.54, 1.807) is 6.08 Å². The molecule has 2 bridgehead atoms. The van der Waals surface area contributed by atoms with E-state index >= 15 is 0 Å². The van der Waals surface area contributed by atoms with Crippen LogP contribution in [0.2, 0.25) is 0 Å². The maximum absolute atomic E-state index is 12.8. The first-order valence-corrected chi connectivity index (χ1v) is 7.89. The smallest absolute Gasteiger partial charge is 0.310 e. The number of ether oxygens (including phenoxy) is 1. The molecule has 22 heavy (non-hydrogen) atoms. The molecule has 0 aromatic heterocycles. The Hall–Kier alpha value is -1.62. The number of fused-ring (bicyclic) bond motifs is 1. The molecule has 120 valence electrons. The molecule has 2 saturated heterocycles. The summed E-state index contributed by atoms with van der Waals surface area (Å²) in [6.45, 7) is 6.62. The van der Waals surface area contributed by atoms with Crippen molar-refractivity contribution in [3.63, 3.8) is 0 Å². The average molecular weight is 305 g/mol. The van der Waals surface area contributed by atoms with Gasteiger partial charge in [-0.05, 0) is 33.6 Å². The fourth-order valence-electron chi connectivity index (χ4n) is 3.95. The second-order valence-corrected chi connectivity index (χ2v) is 6.91. The number of nitrogens with zero attached hydrogens (tertiary/aromatic N) is 1. The number of likely N-dealkylation sites (tertiary alicyclic amines) is 1. The van der Waals surface area contributed by atoms with Gasteiger partial charge in [0.2, 0.25) is 5.91 Å². The van der Waals surface area contributed by atoms with Crippen molar-refractivity contribution in [2.24, 2.45) is 11.8 Å². The highest BCUT2D eigenvalue weighted by Gasteiger charge is 2.67. The molecule has 1 amide bonds. The summed E-state index contributed by atoms with van der Waals surface area (Å²) in [5.41, 5.74) is 0.557. The van der Waals surface area contributed by atoms with E-state index < -0.39 is 29.5 Å². The highest BCUT2D eigenvalue weighted by molar-refractivity contribution is 5.90. The number of carbonyl (C=O) groups is 2. The maximum atomic E-state index is 12.8. The number of aliphatic carboxylic acids is 1. The molecule has 2 fully saturated rings. The number of allylic oxidation sites excluding steroid dienone is 2. The molecule has 3 rings (SSSR count). The van der Waals surface area contributed by atoms with E-state index in [1.807, 2.05) is 17.9 Å². The van der Waals surface area contributed by atoms with Crippen molar-refractivity contribution in [1.29, 1.82) is 0 Å². The first kappa shape index (κ1) is 15.3. The largest absolute Gasteiger partial charge is 0.481 e. The van der Waals surface area contributed by atoms with Crippen LogP contribution in [0.4, 0.5) is 0 Å². The molecular formula is C17H23NO4. The van der Waals surface area contributed by atoms with Crippen molar-refractivity contribution < 1.29 is 19.4 Å². The summed E-state index contributed by atoms with van der Waals surface area (Å²) < 4.78 is 5.88. The van der Waals surface area contributed by atoms with E-state index in [1.165, 1.54) is 5.57 Å². The van der Waals surface area contributed by atoms with Crippen LogP contribution in [0, 0.1) is 11.8 Å². The highest BCUT2D eigenvalue weighted by atomic mass is 16.5. The van der Waals surface area contributed by atoms with Gasteiger partial charge in [0.1, 0.15) is 11.5 Å². The number of hydrogen-bond donors (Lipinski definition) is 1. The summed E-state index contributed by atoms with van der Waals surface area (Å²) >= 11 is 0. The Balaban J connectivity index is 1.76. The molecule has 1 spiro atoms. The Morgan fingerprint density at radius 2 is 2.32 bits per heavy atom. The molecule has 0 aliphatic carbocycles. The monoisotopic (exact) mass is 305 g/mol. The summed E-state index contributed by atoms with van der Waals surface area (Å²) in [5, 5.41) is 9.43. The molecule has 3 heterocycles. The van der Waals surface area contributed by atoms with Crippen molar-refractivity contribution in [2.45, 2.75) is 51.4 Å². The predicted octanol–water partition coefficient (Wildman–Crippen LogP) is 1.99. The number of carboxylic acid groups (broad SMARTS) is 1. The minimum Gasteiger partial charge on any atom is -0.481 e. The molecule has 0 radical (unpaired) electrons.